The van der Waals surface area contributed by atoms with Crippen LogP contribution in [0, 0.1) is 5.92 Å². The fourth-order valence-corrected chi connectivity index (χ4v) is 2.00. The van der Waals surface area contributed by atoms with E-state index in [9.17, 15) is 4.79 Å². The van der Waals surface area contributed by atoms with Gasteiger partial charge < -0.3 is 20.9 Å². The van der Waals surface area contributed by atoms with Gasteiger partial charge in [-0.15, -0.1) is 0 Å². The monoisotopic (exact) mass is 279 g/mol. The van der Waals surface area contributed by atoms with Crippen LogP contribution in [0.5, 0.6) is 0 Å². The molecular formula is C14H21N3O3. The van der Waals surface area contributed by atoms with E-state index in [1.165, 1.54) is 4.90 Å². The molecule has 6 heteroatoms. The van der Waals surface area contributed by atoms with Gasteiger partial charge in [-0.2, -0.15) is 0 Å². The highest BCUT2D eigenvalue weighted by molar-refractivity contribution is 6.02. The molecule has 0 aliphatic carbocycles. The molecule has 0 bridgehead atoms. The number of nitrogens with two attached hydrogens (primary N) is 1. The second-order valence-corrected chi connectivity index (χ2v) is 4.41. The summed E-state index contributed by atoms with van der Waals surface area (Å²) in [5, 5.41) is 20.8. The normalized spacial score (nSPS) is 13.0. The highest BCUT2D eigenvalue weighted by Crippen LogP contribution is 2.12. The molecule has 0 radical (unpaired) electrons. The Morgan fingerprint density at radius 3 is 2.55 bits per heavy atom. The number of aliphatic hydroxyl groups is 1. The molecule has 1 atom stereocenters. The summed E-state index contributed by atoms with van der Waals surface area (Å²) in [5.41, 5.74) is 6.57. The molecule has 4 N–H and O–H groups in total. The summed E-state index contributed by atoms with van der Waals surface area (Å²) in [7, 11) is 0. The number of hydrogen-bond acceptors (Lipinski definition) is 4. The molecule has 0 saturated heterocycles. The molecule has 0 heterocycles. The van der Waals surface area contributed by atoms with Crippen molar-refractivity contribution in [1.82, 2.24) is 4.90 Å². The van der Waals surface area contributed by atoms with Crippen molar-refractivity contribution in [3.05, 3.63) is 35.9 Å². The summed E-state index contributed by atoms with van der Waals surface area (Å²) in [4.78, 5) is 13.9. The summed E-state index contributed by atoms with van der Waals surface area (Å²) in [6.45, 7) is 2.40. The predicted octanol–water partition coefficient (Wildman–Crippen LogP) is 0.432. The van der Waals surface area contributed by atoms with Gasteiger partial charge in [0.2, 0.25) is 5.91 Å². The number of oxime groups is 1. The Balaban J connectivity index is 2.92. The molecule has 0 fully saturated rings. The molecule has 0 spiro atoms. The van der Waals surface area contributed by atoms with E-state index in [4.69, 9.17) is 16.0 Å². The lowest BCUT2D eigenvalue weighted by atomic mass is 9.96. The number of rotatable bonds is 7. The van der Waals surface area contributed by atoms with Gasteiger partial charge >= 0.3 is 0 Å². The van der Waals surface area contributed by atoms with Gasteiger partial charge in [-0.25, -0.2) is 0 Å². The number of nitrogens with zero attached hydrogens (tertiary/aromatic N) is 2. The first-order valence-corrected chi connectivity index (χ1v) is 6.55. The fourth-order valence-electron chi connectivity index (χ4n) is 2.00. The number of benzene rings is 1. The van der Waals surface area contributed by atoms with E-state index in [0.717, 1.165) is 5.56 Å². The Bertz CT molecular complexity index is 448. The lowest BCUT2D eigenvalue weighted by molar-refractivity contribution is -0.133. The van der Waals surface area contributed by atoms with Crippen molar-refractivity contribution >= 4 is 11.7 Å². The average molecular weight is 279 g/mol. The Morgan fingerprint density at radius 1 is 1.40 bits per heavy atom. The molecule has 1 aromatic rings. The van der Waals surface area contributed by atoms with Gasteiger partial charge in [-0.05, 0) is 18.9 Å². The Kier molecular flexibility index (Phi) is 6.52. The number of amidine groups is 1. The summed E-state index contributed by atoms with van der Waals surface area (Å²) in [5.74, 6) is -1.09. The molecule has 110 valence electrons. The zero-order chi connectivity index (χ0) is 15.0. The molecule has 1 rings (SSSR count). The quantitative estimate of drug-likeness (QED) is 0.292. The van der Waals surface area contributed by atoms with Crippen LogP contribution in [0.1, 0.15) is 12.5 Å². The van der Waals surface area contributed by atoms with E-state index in [2.05, 4.69) is 5.16 Å². The minimum atomic E-state index is -0.728. The van der Waals surface area contributed by atoms with Crippen LogP contribution in [0.3, 0.4) is 0 Å². The van der Waals surface area contributed by atoms with Crippen LogP contribution in [0.25, 0.3) is 0 Å². The zero-order valence-electron chi connectivity index (χ0n) is 11.6. The number of aliphatic hydroxyl groups excluding tert-OH is 1. The van der Waals surface area contributed by atoms with Crippen molar-refractivity contribution < 1.29 is 15.1 Å². The van der Waals surface area contributed by atoms with Gasteiger partial charge in [0.1, 0.15) is 5.92 Å². The first-order chi connectivity index (χ1) is 9.63. The van der Waals surface area contributed by atoms with Crippen molar-refractivity contribution in [1.29, 1.82) is 0 Å². The van der Waals surface area contributed by atoms with Crippen LogP contribution in [0.2, 0.25) is 0 Å². The number of carbonyl (C=O) groups is 1. The van der Waals surface area contributed by atoms with E-state index < -0.39 is 5.92 Å². The largest absolute Gasteiger partial charge is 0.409 e. The molecule has 0 saturated carbocycles. The summed E-state index contributed by atoms with van der Waals surface area (Å²) < 4.78 is 0. The van der Waals surface area contributed by atoms with Crippen molar-refractivity contribution in [2.75, 3.05) is 19.7 Å². The van der Waals surface area contributed by atoms with Gasteiger partial charge in [-0.1, -0.05) is 35.5 Å². The van der Waals surface area contributed by atoms with Crippen LogP contribution in [0.15, 0.2) is 35.5 Å². The smallest absolute Gasteiger partial charge is 0.233 e. The highest BCUT2D eigenvalue weighted by atomic mass is 16.4. The van der Waals surface area contributed by atoms with Crippen molar-refractivity contribution in [2.24, 2.45) is 16.8 Å². The van der Waals surface area contributed by atoms with Gasteiger partial charge in [0.25, 0.3) is 0 Å². The van der Waals surface area contributed by atoms with E-state index in [1.54, 1.807) is 0 Å². The maximum atomic E-state index is 12.4. The molecular weight excluding hydrogens is 258 g/mol. The number of likely N-dealkylation sites (N-methyl/N-ethyl adjacent to an activating group) is 1. The van der Waals surface area contributed by atoms with E-state index >= 15 is 0 Å². The van der Waals surface area contributed by atoms with E-state index in [0.29, 0.717) is 13.0 Å². The van der Waals surface area contributed by atoms with Crippen LogP contribution < -0.4 is 5.73 Å². The predicted molar refractivity (Wildman–Crippen MR) is 76.4 cm³/mol. The first kappa shape index (κ1) is 16.0. The number of amides is 1. The van der Waals surface area contributed by atoms with Crippen molar-refractivity contribution in [3.63, 3.8) is 0 Å². The van der Waals surface area contributed by atoms with Crippen LogP contribution >= 0.6 is 0 Å². The maximum Gasteiger partial charge on any atom is 0.233 e. The minimum Gasteiger partial charge on any atom is -0.409 e. The van der Waals surface area contributed by atoms with Crippen LogP contribution in [0.4, 0.5) is 0 Å². The third-order valence-corrected chi connectivity index (χ3v) is 3.12. The van der Waals surface area contributed by atoms with Gasteiger partial charge in [0.05, 0.1) is 6.61 Å². The molecule has 1 amide bonds. The lowest BCUT2D eigenvalue weighted by Gasteiger charge is -2.25. The topological polar surface area (TPSA) is 99.2 Å². The second-order valence-electron chi connectivity index (χ2n) is 4.41. The Hall–Kier alpha value is -2.08. The average Bonchev–Trinajstić information content (AvgIpc) is 2.50. The van der Waals surface area contributed by atoms with Crippen molar-refractivity contribution in [2.45, 2.75) is 13.3 Å². The fraction of sp³-hybridized carbons (Fsp3) is 0.429. The van der Waals surface area contributed by atoms with Crippen molar-refractivity contribution in [3.8, 4) is 0 Å². The summed E-state index contributed by atoms with van der Waals surface area (Å²) >= 11 is 0. The molecule has 1 aromatic carbocycles. The maximum absolute atomic E-state index is 12.4. The molecule has 1 unspecified atom stereocenters. The number of carbonyl (C=O) groups excluding carboxylic acids is 1. The number of hydrogen-bond donors (Lipinski definition) is 3. The van der Waals surface area contributed by atoms with Gasteiger partial charge in [0, 0.05) is 13.1 Å². The standard InChI is InChI=1S/C14H21N3O3/c1-2-17(8-9-18)14(19)12(13(15)16-20)10-11-6-4-3-5-7-11/h3-7,12,18,20H,2,8-10H2,1H3,(H2,15,16). The first-order valence-electron chi connectivity index (χ1n) is 6.55. The highest BCUT2D eigenvalue weighted by Gasteiger charge is 2.27. The molecule has 20 heavy (non-hydrogen) atoms. The van der Waals surface area contributed by atoms with Gasteiger partial charge in [-0.3, -0.25) is 4.79 Å². The molecule has 0 aromatic heterocycles. The third-order valence-electron chi connectivity index (χ3n) is 3.12. The summed E-state index contributed by atoms with van der Waals surface area (Å²) in [6, 6.07) is 9.39. The zero-order valence-corrected chi connectivity index (χ0v) is 11.6. The Labute approximate surface area is 118 Å². The van der Waals surface area contributed by atoms with Gasteiger partial charge in [0.15, 0.2) is 5.84 Å². The molecule has 0 aliphatic rings. The van der Waals surface area contributed by atoms with E-state index in [1.807, 2.05) is 37.3 Å². The SMILES string of the molecule is CCN(CCO)C(=O)C(Cc1ccccc1)C(N)=NO. The van der Waals surface area contributed by atoms with Crippen LogP contribution in [-0.2, 0) is 11.2 Å². The molecule has 0 aliphatic heterocycles. The Morgan fingerprint density at radius 2 is 2.05 bits per heavy atom. The third kappa shape index (κ3) is 4.24. The lowest BCUT2D eigenvalue weighted by Crippen LogP contribution is -2.44. The molecule has 6 nitrogen and oxygen atoms in total. The van der Waals surface area contributed by atoms with Crippen LogP contribution in [-0.4, -0.2) is 46.7 Å². The summed E-state index contributed by atoms with van der Waals surface area (Å²) in [6.07, 6.45) is 0.359. The second kappa shape index (κ2) is 8.16. The van der Waals surface area contributed by atoms with E-state index in [-0.39, 0.29) is 24.9 Å². The minimum absolute atomic E-state index is 0.116.